The molecule has 1 unspecified atom stereocenters. The molecule has 0 aliphatic carbocycles. The molecule has 0 bridgehead atoms. The molecule has 106 valence electrons. The Kier molecular flexibility index (Phi) is 3.64. The zero-order valence-electron chi connectivity index (χ0n) is 11.8. The van der Waals surface area contributed by atoms with Gasteiger partial charge in [-0.15, -0.1) is 0 Å². The number of aryl methyl sites for hydroxylation is 1. The molecule has 0 saturated carbocycles. The zero-order chi connectivity index (χ0) is 13.9. The first-order valence-electron chi connectivity index (χ1n) is 6.99. The topological polar surface area (TPSA) is 64.9 Å². The number of ether oxygens (including phenoxy) is 1. The fraction of sp³-hybridized carbons (Fsp3) is 0.500. The predicted molar refractivity (Wildman–Crippen MR) is 76.3 cm³/mol. The fourth-order valence-electron chi connectivity index (χ4n) is 2.36. The highest BCUT2D eigenvalue weighted by molar-refractivity contribution is 5.61. The van der Waals surface area contributed by atoms with Gasteiger partial charge in [-0.2, -0.15) is 5.10 Å². The van der Waals surface area contributed by atoms with Gasteiger partial charge >= 0.3 is 0 Å². The highest BCUT2D eigenvalue weighted by Gasteiger charge is 2.22. The van der Waals surface area contributed by atoms with Gasteiger partial charge in [-0.1, -0.05) is 0 Å². The van der Waals surface area contributed by atoms with Crippen molar-refractivity contribution in [2.75, 3.05) is 18.5 Å². The van der Waals surface area contributed by atoms with Crippen LogP contribution in [0.5, 0.6) is 0 Å². The van der Waals surface area contributed by atoms with Crippen molar-refractivity contribution in [3.63, 3.8) is 0 Å². The van der Waals surface area contributed by atoms with E-state index >= 15 is 0 Å². The molecule has 0 aromatic carbocycles. The van der Waals surface area contributed by atoms with Gasteiger partial charge in [0, 0.05) is 38.0 Å². The van der Waals surface area contributed by atoms with Gasteiger partial charge in [0.05, 0.1) is 11.9 Å². The van der Waals surface area contributed by atoms with E-state index < -0.39 is 0 Å². The second kappa shape index (κ2) is 5.58. The van der Waals surface area contributed by atoms with Gasteiger partial charge in [0.2, 0.25) is 0 Å². The molecule has 1 aliphatic heterocycles. The molecule has 1 N–H and O–H groups in total. The Morgan fingerprint density at radius 1 is 1.45 bits per heavy atom. The first-order valence-corrected chi connectivity index (χ1v) is 6.99. The third kappa shape index (κ3) is 2.65. The molecule has 3 rings (SSSR count). The quantitative estimate of drug-likeness (QED) is 0.924. The number of hydrogen-bond donors (Lipinski definition) is 1. The SMILES string of the molecule is CCNc1cc(-c2cnn(C)c2)nc(C2CCCO2)n1. The lowest BCUT2D eigenvalue weighted by molar-refractivity contribution is 0.105. The van der Waals surface area contributed by atoms with Crippen LogP contribution < -0.4 is 5.32 Å². The number of aromatic nitrogens is 4. The first kappa shape index (κ1) is 13.1. The van der Waals surface area contributed by atoms with Crippen LogP contribution in [0.2, 0.25) is 0 Å². The Morgan fingerprint density at radius 3 is 3.00 bits per heavy atom. The van der Waals surface area contributed by atoms with Crippen molar-refractivity contribution in [2.24, 2.45) is 7.05 Å². The van der Waals surface area contributed by atoms with E-state index in [0.29, 0.717) is 0 Å². The van der Waals surface area contributed by atoms with E-state index in [2.05, 4.69) is 27.3 Å². The first-order chi connectivity index (χ1) is 9.76. The van der Waals surface area contributed by atoms with E-state index in [1.807, 2.05) is 25.5 Å². The van der Waals surface area contributed by atoms with E-state index in [9.17, 15) is 0 Å². The van der Waals surface area contributed by atoms with Gasteiger partial charge in [0.25, 0.3) is 0 Å². The number of rotatable bonds is 4. The standard InChI is InChI=1S/C14H19N5O/c1-3-15-13-7-11(10-8-16-19(2)9-10)17-14(18-13)12-5-4-6-20-12/h7-9,12H,3-6H2,1-2H3,(H,15,17,18). The van der Waals surface area contributed by atoms with Crippen molar-refractivity contribution in [1.82, 2.24) is 19.7 Å². The Hall–Kier alpha value is -1.95. The van der Waals surface area contributed by atoms with Crippen LogP contribution in [0.4, 0.5) is 5.82 Å². The second-order valence-corrected chi connectivity index (χ2v) is 4.93. The van der Waals surface area contributed by atoms with Crippen LogP contribution in [0.3, 0.4) is 0 Å². The normalized spacial score (nSPS) is 18.4. The van der Waals surface area contributed by atoms with Crippen LogP contribution in [-0.2, 0) is 11.8 Å². The maximum absolute atomic E-state index is 5.69. The molecule has 2 aromatic rings. The lowest BCUT2D eigenvalue weighted by Gasteiger charge is -2.12. The molecule has 1 fully saturated rings. The summed E-state index contributed by atoms with van der Waals surface area (Å²) >= 11 is 0. The average molecular weight is 273 g/mol. The van der Waals surface area contributed by atoms with Crippen molar-refractivity contribution in [1.29, 1.82) is 0 Å². The third-order valence-corrected chi connectivity index (χ3v) is 3.32. The highest BCUT2D eigenvalue weighted by Crippen LogP contribution is 2.29. The Morgan fingerprint density at radius 2 is 2.35 bits per heavy atom. The van der Waals surface area contributed by atoms with Gasteiger partial charge in [-0.25, -0.2) is 9.97 Å². The van der Waals surface area contributed by atoms with Crippen molar-refractivity contribution >= 4 is 5.82 Å². The third-order valence-electron chi connectivity index (χ3n) is 3.32. The van der Waals surface area contributed by atoms with Gasteiger partial charge in [-0.3, -0.25) is 4.68 Å². The van der Waals surface area contributed by atoms with Crippen molar-refractivity contribution < 1.29 is 4.74 Å². The molecule has 1 saturated heterocycles. The van der Waals surface area contributed by atoms with Crippen molar-refractivity contribution in [3.05, 3.63) is 24.3 Å². The lowest BCUT2D eigenvalue weighted by atomic mass is 10.2. The number of nitrogens with one attached hydrogen (secondary N) is 1. The molecule has 3 heterocycles. The zero-order valence-corrected chi connectivity index (χ0v) is 11.8. The van der Waals surface area contributed by atoms with Crippen LogP contribution in [0, 0.1) is 0 Å². The van der Waals surface area contributed by atoms with E-state index in [1.54, 1.807) is 4.68 Å². The molecule has 0 spiro atoms. The summed E-state index contributed by atoms with van der Waals surface area (Å²) in [5, 5.41) is 7.45. The molecular formula is C14H19N5O. The number of anilines is 1. The molecule has 0 radical (unpaired) electrons. The maximum Gasteiger partial charge on any atom is 0.160 e. The monoisotopic (exact) mass is 273 g/mol. The van der Waals surface area contributed by atoms with Crippen LogP contribution in [-0.4, -0.2) is 32.9 Å². The van der Waals surface area contributed by atoms with Crippen LogP contribution in [0.25, 0.3) is 11.3 Å². The van der Waals surface area contributed by atoms with Gasteiger partial charge < -0.3 is 10.1 Å². The summed E-state index contributed by atoms with van der Waals surface area (Å²) in [6.45, 7) is 3.67. The van der Waals surface area contributed by atoms with E-state index in [-0.39, 0.29) is 6.10 Å². The maximum atomic E-state index is 5.69. The number of hydrogen-bond acceptors (Lipinski definition) is 5. The smallest absolute Gasteiger partial charge is 0.160 e. The number of nitrogens with zero attached hydrogens (tertiary/aromatic N) is 4. The van der Waals surface area contributed by atoms with E-state index in [1.165, 1.54) is 0 Å². The molecule has 1 atom stereocenters. The minimum Gasteiger partial charge on any atom is -0.370 e. The van der Waals surface area contributed by atoms with Crippen LogP contribution in [0.1, 0.15) is 31.7 Å². The molecule has 6 heteroatoms. The fourth-order valence-corrected chi connectivity index (χ4v) is 2.36. The lowest BCUT2D eigenvalue weighted by Crippen LogP contribution is -2.08. The van der Waals surface area contributed by atoms with Crippen molar-refractivity contribution in [2.45, 2.75) is 25.9 Å². The molecule has 6 nitrogen and oxygen atoms in total. The molecule has 20 heavy (non-hydrogen) atoms. The summed E-state index contributed by atoms with van der Waals surface area (Å²) in [5.74, 6) is 1.60. The molecular weight excluding hydrogens is 254 g/mol. The van der Waals surface area contributed by atoms with E-state index in [4.69, 9.17) is 4.74 Å². The van der Waals surface area contributed by atoms with Crippen LogP contribution >= 0.6 is 0 Å². The Bertz CT molecular complexity index is 589. The summed E-state index contributed by atoms with van der Waals surface area (Å²) in [5.41, 5.74) is 1.88. The summed E-state index contributed by atoms with van der Waals surface area (Å²) in [4.78, 5) is 9.21. The second-order valence-electron chi connectivity index (χ2n) is 4.93. The van der Waals surface area contributed by atoms with Crippen molar-refractivity contribution in [3.8, 4) is 11.3 Å². The van der Waals surface area contributed by atoms with Gasteiger partial charge in [-0.05, 0) is 19.8 Å². The van der Waals surface area contributed by atoms with Crippen LogP contribution in [0.15, 0.2) is 18.5 Å². The van der Waals surface area contributed by atoms with Gasteiger partial charge in [0.1, 0.15) is 11.9 Å². The highest BCUT2D eigenvalue weighted by atomic mass is 16.5. The summed E-state index contributed by atoms with van der Waals surface area (Å²) in [6, 6.07) is 1.96. The average Bonchev–Trinajstić information content (AvgIpc) is 3.09. The predicted octanol–water partition coefficient (Wildman–Crippen LogP) is 2.16. The largest absolute Gasteiger partial charge is 0.370 e. The minimum atomic E-state index is 0.0176. The molecule has 2 aromatic heterocycles. The molecule has 1 aliphatic rings. The summed E-state index contributed by atoms with van der Waals surface area (Å²) in [6.07, 6.45) is 5.85. The Labute approximate surface area is 118 Å². The molecule has 0 amide bonds. The van der Waals surface area contributed by atoms with Gasteiger partial charge in [0.15, 0.2) is 5.82 Å². The minimum absolute atomic E-state index is 0.0176. The van der Waals surface area contributed by atoms with E-state index in [0.717, 1.165) is 48.9 Å². The Balaban J connectivity index is 1.99. The summed E-state index contributed by atoms with van der Waals surface area (Å²) in [7, 11) is 1.90. The summed E-state index contributed by atoms with van der Waals surface area (Å²) < 4.78 is 7.47.